The molecule has 0 saturated carbocycles. The van der Waals surface area contributed by atoms with Crippen molar-refractivity contribution in [2.75, 3.05) is 5.73 Å². The van der Waals surface area contributed by atoms with Crippen LogP contribution in [0.2, 0.25) is 5.02 Å². The van der Waals surface area contributed by atoms with E-state index in [1.54, 1.807) is 24.3 Å². The Labute approximate surface area is 126 Å². The standard InChI is InChI=1S/C13H10BrClFNOS/c14-11-6-10(16)3-1-8(11)7-19(18)13-4-2-9(15)5-12(13)17/h1-6H,7,17H2. The topological polar surface area (TPSA) is 43.1 Å². The van der Waals surface area contributed by atoms with Gasteiger partial charge in [0.25, 0.3) is 0 Å². The third-order valence-electron chi connectivity index (χ3n) is 2.52. The van der Waals surface area contributed by atoms with Crippen molar-refractivity contribution in [2.45, 2.75) is 10.6 Å². The lowest BCUT2D eigenvalue weighted by molar-refractivity contribution is 0.626. The van der Waals surface area contributed by atoms with Crippen LogP contribution in [-0.4, -0.2) is 4.21 Å². The van der Waals surface area contributed by atoms with Crippen LogP contribution in [0.4, 0.5) is 10.1 Å². The van der Waals surface area contributed by atoms with Gasteiger partial charge in [-0.05, 0) is 35.9 Å². The highest BCUT2D eigenvalue weighted by Gasteiger charge is 2.11. The Morgan fingerprint density at radius 2 is 2.00 bits per heavy atom. The minimum Gasteiger partial charge on any atom is -0.398 e. The van der Waals surface area contributed by atoms with E-state index >= 15 is 0 Å². The van der Waals surface area contributed by atoms with E-state index in [-0.39, 0.29) is 11.6 Å². The van der Waals surface area contributed by atoms with Crippen LogP contribution in [0.15, 0.2) is 45.8 Å². The second-order valence-corrected chi connectivity index (χ2v) is 6.62. The van der Waals surface area contributed by atoms with Gasteiger partial charge in [0, 0.05) is 15.2 Å². The van der Waals surface area contributed by atoms with E-state index in [1.807, 2.05) is 0 Å². The highest BCUT2D eigenvalue weighted by Crippen LogP contribution is 2.25. The Kier molecular flexibility index (Phi) is 4.60. The Morgan fingerprint density at radius 1 is 1.26 bits per heavy atom. The molecule has 0 spiro atoms. The fourth-order valence-corrected chi connectivity index (χ4v) is 3.67. The lowest BCUT2D eigenvalue weighted by atomic mass is 10.2. The average Bonchev–Trinajstić information content (AvgIpc) is 2.32. The van der Waals surface area contributed by atoms with E-state index in [0.717, 1.165) is 5.56 Å². The summed E-state index contributed by atoms with van der Waals surface area (Å²) in [5.74, 6) is -0.0837. The van der Waals surface area contributed by atoms with Crippen LogP contribution in [0.1, 0.15) is 5.56 Å². The number of benzene rings is 2. The summed E-state index contributed by atoms with van der Waals surface area (Å²) in [6, 6.07) is 9.13. The minimum absolute atomic E-state index is 0.257. The zero-order valence-corrected chi connectivity index (χ0v) is 12.9. The molecule has 0 fully saturated rings. The molecular weight excluding hydrogens is 353 g/mol. The van der Waals surface area contributed by atoms with Gasteiger partial charge in [-0.3, -0.25) is 4.21 Å². The van der Waals surface area contributed by atoms with E-state index < -0.39 is 10.8 Å². The normalized spacial score (nSPS) is 12.4. The van der Waals surface area contributed by atoms with Crippen molar-refractivity contribution >= 4 is 44.0 Å². The van der Waals surface area contributed by atoms with Gasteiger partial charge in [0.2, 0.25) is 0 Å². The van der Waals surface area contributed by atoms with Gasteiger partial charge >= 0.3 is 0 Å². The molecule has 2 nitrogen and oxygen atoms in total. The molecule has 0 aliphatic carbocycles. The molecule has 0 aliphatic rings. The van der Waals surface area contributed by atoms with E-state index in [2.05, 4.69) is 15.9 Å². The van der Waals surface area contributed by atoms with Crippen LogP contribution in [0.3, 0.4) is 0 Å². The molecule has 2 aromatic rings. The lowest BCUT2D eigenvalue weighted by Crippen LogP contribution is -2.01. The smallest absolute Gasteiger partial charge is 0.124 e. The van der Waals surface area contributed by atoms with E-state index in [0.29, 0.717) is 20.1 Å². The van der Waals surface area contributed by atoms with Crippen LogP contribution in [0, 0.1) is 5.82 Å². The summed E-state index contributed by atoms with van der Waals surface area (Å²) < 4.78 is 25.8. The highest BCUT2D eigenvalue weighted by molar-refractivity contribution is 9.10. The summed E-state index contributed by atoms with van der Waals surface area (Å²) in [5, 5.41) is 0.501. The minimum atomic E-state index is -1.31. The maximum atomic E-state index is 13.0. The Bertz CT molecular complexity index is 651. The van der Waals surface area contributed by atoms with Crippen molar-refractivity contribution in [3.05, 3.63) is 57.3 Å². The van der Waals surface area contributed by atoms with Crippen molar-refractivity contribution in [1.29, 1.82) is 0 Å². The number of halogens is 3. The second kappa shape index (κ2) is 6.03. The molecule has 0 bridgehead atoms. The Morgan fingerprint density at radius 3 is 2.63 bits per heavy atom. The van der Waals surface area contributed by atoms with Crippen molar-refractivity contribution in [3.63, 3.8) is 0 Å². The summed E-state index contributed by atoms with van der Waals surface area (Å²) in [6.45, 7) is 0. The average molecular weight is 363 g/mol. The van der Waals surface area contributed by atoms with Crippen molar-refractivity contribution in [3.8, 4) is 0 Å². The number of nitrogens with two attached hydrogens (primary N) is 1. The van der Waals surface area contributed by atoms with Crippen LogP contribution < -0.4 is 5.73 Å². The summed E-state index contributed by atoms with van der Waals surface area (Å²) in [4.78, 5) is 0.528. The summed E-state index contributed by atoms with van der Waals surface area (Å²) in [5.41, 5.74) is 6.94. The third kappa shape index (κ3) is 3.55. The fourth-order valence-electron chi connectivity index (χ4n) is 1.58. The fraction of sp³-hybridized carbons (Fsp3) is 0.0769. The lowest BCUT2D eigenvalue weighted by Gasteiger charge is -2.08. The molecule has 0 saturated heterocycles. The summed E-state index contributed by atoms with van der Waals surface area (Å²) in [6.07, 6.45) is 0. The van der Waals surface area contributed by atoms with Crippen molar-refractivity contribution in [1.82, 2.24) is 0 Å². The predicted molar refractivity (Wildman–Crippen MR) is 80.1 cm³/mol. The van der Waals surface area contributed by atoms with Gasteiger partial charge in [-0.2, -0.15) is 0 Å². The third-order valence-corrected chi connectivity index (χ3v) is 4.93. The first-order valence-corrected chi connectivity index (χ1v) is 7.83. The molecular formula is C13H10BrClFNOS. The van der Waals surface area contributed by atoms with E-state index in [9.17, 15) is 8.60 Å². The number of nitrogen functional groups attached to an aromatic ring is 1. The number of hydrogen-bond acceptors (Lipinski definition) is 2. The zero-order chi connectivity index (χ0) is 14.0. The predicted octanol–water partition coefficient (Wildman–Crippen LogP) is 4.13. The molecule has 0 aliphatic heterocycles. The molecule has 1 atom stereocenters. The quantitative estimate of drug-likeness (QED) is 0.834. The molecule has 19 heavy (non-hydrogen) atoms. The Hall–Kier alpha value is -0.910. The molecule has 2 N–H and O–H groups in total. The molecule has 0 amide bonds. The summed E-state index contributed by atoms with van der Waals surface area (Å²) in [7, 11) is -1.31. The van der Waals surface area contributed by atoms with Crippen LogP contribution in [0.25, 0.3) is 0 Å². The van der Waals surface area contributed by atoms with E-state index in [4.69, 9.17) is 17.3 Å². The van der Waals surface area contributed by atoms with Gasteiger partial charge < -0.3 is 5.73 Å². The van der Waals surface area contributed by atoms with Crippen molar-refractivity contribution in [2.24, 2.45) is 0 Å². The second-order valence-electron chi connectivity index (χ2n) is 3.91. The molecule has 6 heteroatoms. The monoisotopic (exact) mass is 361 g/mol. The van der Waals surface area contributed by atoms with Gasteiger partial charge in [-0.15, -0.1) is 0 Å². The molecule has 0 radical (unpaired) electrons. The summed E-state index contributed by atoms with van der Waals surface area (Å²) >= 11 is 9.05. The highest BCUT2D eigenvalue weighted by atomic mass is 79.9. The van der Waals surface area contributed by atoms with Gasteiger partial charge in [-0.1, -0.05) is 33.6 Å². The van der Waals surface area contributed by atoms with Gasteiger partial charge in [0.1, 0.15) is 5.82 Å². The maximum absolute atomic E-state index is 13.0. The first kappa shape index (κ1) is 14.5. The molecule has 0 aromatic heterocycles. The first-order valence-electron chi connectivity index (χ1n) is 5.34. The van der Waals surface area contributed by atoms with Gasteiger partial charge in [0.15, 0.2) is 0 Å². The number of anilines is 1. The number of rotatable bonds is 3. The van der Waals surface area contributed by atoms with Crippen LogP contribution >= 0.6 is 27.5 Å². The van der Waals surface area contributed by atoms with Gasteiger partial charge in [0.05, 0.1) is 21.4 Å². The zero-order valence-electron chi connectivity index (χ0n) is 9.70. The first-order chi connectivity index (χ1) is 8.97. The largest absolute Gasteiger partial charge is 0.398 e. The van der Waals surface area contributed by atoms with E-state index in [1.165, 1.54) is 12.1 Å². The maximum Gasteiger partial charge on any atom is 0.124 e. The molecule has 2 aromatic carbocycles. The molecule has 0 heterocycles. The number of hydrogen-bond donors (Lipinski definition) is 1. The SMILES string of the molecule is Nc1cc(Cl)ccc1S(=O)Cc1ccc(F)cc1Br. The molecule has 1 unspecified atom stereocenters. The van der Waals surface area contributed by atoms with Crippen LogP contribution in [0.5, 0.6) is 0 Å². The van der Waals surface area contributed by atoms with Crippen molar-refractivity contribution < 1.29 is 8.60 Å². The molecule has 2 rings (SSSR count). The Balaban J connectivity index is 2.25. The molecule has 100 valence electrons. The van der Waals surface area contributed by atoms with Crippen LogP contribution in [-0.2, 0) is 16.6 Å². The van der Waals surface area contributed by atoms with Gasteiger partial charge in [-0.25, -0.2) is 4.39 Å².